The van der Waals surface area contributed by atoms with Gasteiger partial charge in [0.05, 0.1) is 15.6 Å². The zero-order valence-electron chi connectivity index (χ0n) is 16.3. The molecule has 1 aliphatic carbocycles. The number of nitrogen functional groups attached to an aromatic ring is 1. The van der Waals surface area contributed by atoms with E-state index in [0.29, 0.717) is 32.5 Å². The van der Waals surface area contributed by atoms with Gasteiger partial charge < -0.3 is 10.6 Å². The zero-order chi connectivity index (χ0) is 20.1. The van der Waals surface area contributed by atoms with Crippen LogP contribution in [0.5, 0.6) is 0 Å². The molecular formula is C21H26Cl2N4O. The fourth-order valence-corrected chi connectivity index (χ4v) is 5.37. The van der Waals surface area contributed by atoms with Crippen molar-refractivity contribution in [1.29, 1.82) is 0 Å². The van der Waals surface area contributed by atoms with Crippen LogP contribution >= 0.6 is 23.2 Å². The molecule has 28 heavy (non-hydrogen) atoms. The van der Waals surface area contributed by atoms with Crippen molar-refractivity contribution < 1.29 is 0 Å². The second-order valence-corrected chi connectivity index (χ2v) is 9.26. The molecule has 5 nitrogen and oxygen atoms in total. The summed E-state index contributed by atoms with van der Waals surface area (Å²) >= 11 is 12.4. The molecule has 1 aromatic carbocycles. The highest BCUT2D eigenvalue weighted by atomic mass is 35.5. The lowest BCUT2D eigenvalue weighted by molar-refractivity contribution is 0.217. The molecule has 0 unspecified atom stereocenters. The van der Waals surface area contributed by atoms with E-state index in [-0.39, 0.29) is 11.4 Å². The first-order chi connectivity index (χ1) is 13.3. The van der Waals surface area contributed by atoms with Crippen LogP contribution in [0.2, 0.25) is 10.0 Å². The SMILES string of the molecule is C[C@H]1CCC2(CCN(c3nc(N)c(-c4cccc(Cl)c4Cl)c(=O)n3C)CC2)C1. The first-order valence-electron chi connectivity index (χ1n) is 9.87. The van der Waals surface area contributed by atoms with Crippen LogP contribution < -0.4 is 16.2 Å². The largest absolute Gasteiger partial charge is 0.383 e. The van der Waals surface area contributed by atoms with E-state index in [0.717, 1.165) is 31.8 Å². The molecule has 0 amide bonds. The molecule has 4 rings (SSSR count). The van der Waals surface area contributed by atoms with E-state index in [1.165, 1.54) is 19.3 Å². The second kappa shape index (κ2) is 7.27. The lowest BCUT2D eigenvalue weighted by atomic mass is 9.76. The minimum Gasteiger partial charge on any atom is -0.383 e. The Labute approximate surface area is 175 Å². The third-order valence-corrected chi connectivity index (χ3v) is 7.39. The maximum Gasteiger partial charge on any atom is 0.264 e. The van der Waals surface area contributed by atoms with Gasteiger partial charge in [0.25, 0.3) is 5.56 Å². The molecule has 2 aliphatic rings. The van der Waals surface area contributed by atoms with Crippen molar-refractivity contribution in [3.8, 4) is 11.1 Å². The molecular weight excluding hydrogens is 395 g/mol. The van der Waals surface area contributed by atoms with Gasteiger partial charge in [-0.1, -0.05) is 48.7 Å². The number of hydrogen-bond acceptors (Lipinski definition) is 4. The van der Waals surface area contributed by atoms with E-state index in [1.807, 2.05) is 0 Å². The van der Waals surface area contributed by atoms with E-state index < -0.39 is 0 Å². The standard InChI is InChI=1S/C21H26Cl2N4O/c1-13-6-7-21(12-13)8-10-27(11-9-21)20-25-18(24)16(19(28)26(20)2)14-4-3-5-15(22)17(14)23/h3-5,13H,6-12,24H2,1-2H3/t13-/m0/s1. The van der Waals surface area contributed by atoms with Crippen LogP contribution in [0.4, 0.5) is 11.8 Å². The second-order valence-electron chi connectivity index (χ2n) is 8.47. The Hall–Kier alpha value is -1.72. The van der Waals surface area contributed by atoms with Crippen LogP contribution in [-0.4, -0.2) is 22.6 Å². The van der Waals surface area contributed by atoms with Crippen molar-refractivity contribution in [2.24, 2.45) is 18.4 Å². The number of piperidine rings is 1. The smallest absolute Gasteiger partial charge is 0.264 e. The molecule has 2 aromatic rings. The summed E-state index contributed by atoms with van der Waals surface area (Å²) in [7, 11) is 1.74. The van der Waals surface area contributed by atoms with Crippen molar-refractivity contribution in [3.63, 3.8) is 0 Å². The van der Waals surface area contributed by atoms with Gasteiger partial charge in [0.1, 0.15) is 5.82 Å². The molecule has 1 aliphatic heterocycles. The number of aromatic nitrogens is 2. The Morgan fingerprint density at radius 1 is 1.21 bits per heavy atom. The van der Waals surface area contributed by atoms with Crippen molar-refractivity contribution in [2.45, 2.75) is 39.0 Å². The summed E-state index contributed by atoms with van der Waals surface area (Å²) in [5.41, 5.74) is 7.32. The van der Waals surface area contributed by atoms with Gasteiger partial charge in [-0.15, -0.1) is 0 Å². The molecule has 1 spiro atoms. The summed E-state index contributed by atoms with van der Waals surface area (Å²) in [4.78, 5) is 19.9. The Morgan fingerprint density at radius 2 is 1.93 bits per heavy atom. The molecule has 150 valence electrons. The van der Waals surface area contributed by atoms with Crippen LogP contribution in [-0.2, 0) is 7.05 Å². The summed E-state index contributed by atoms with van der Waals surface area (Å²) in [6.45, 7) is 4.17. The first kappa shape index (κ1) is 19.6. The van der Waals surface area contributed by atoms with Gasteiger partial charge in [0.15, 0.2) is 0 Å². The van der Waals surface area contributed by atoms with Crippen LogP contribution in [0, 0.1) is 11.3 Å². The molecule has 1 saturated carbocycles. The minimum atomic E-state index is -0.207. The van der Waals surface area contributed by atoms with Gasteiger partial charge in [-0.25, -0.2) is 0 Å². The van der Waals surface area contributed by atoms with Crippen molar-refractivity contribution >= 4 is 35.0 Å². The average molecular weight is 421 g/mol. The van der Waals surface area contributed by atoms with E-state index >= 15 is 0 Å². The molecule has 0 bridgehead atoms. The predicted octanol–water partition coefficient (Wildman–Crippen LogP) is 4.74. The molecule has 2 fully saturated rings. The number of benzene rings is 1. The van der Waals surface area contributed by atoms with Crippen molar-refractivity contribution in [2.75, 3.05) is 23.7 Å². The zero-order valence-corrected chi connectivity index (χ0v) is 17.9. The van der Waals surface area contributed by atoms with E-state index in [1.54, 1.807) is 29.8 Å². The topological polar surface area (TPSA) is 64.2 Å². The Kier molecular flexibility index (Phi) is 5.09. The fraction of sp³-hybridized carbons (Fsp3) is 0.524. The fourth-order valence-electron chi connectivity index (χ4n) is 4.97. The summed E-state index contributed by atoms with van der Waals surface area (Å²) in [6.07, 6.45) is 6.27. The summed E-state index contributed by atoms with van der Waals surface area (Å²) < 4.78 is 1.58. The maximum atomic E-state index is 13.1. The van der Waals surface area contributed by atoms with Gasteiger partial charge in [0.2, 0.25) is 5.95 Å². The molecule has 1 aromatic heterocycles. The monoisotopic (exact) mass is 420 g/mol. The molecule has 0 radical (unpaired) electrons. The summed E-state index contributed by atoms with van der Waals surface area (Å²) in [5.74, 6) is 1.65. The van der Waals surface area contributed by atoms with Crippen LogP contribution in [0.1, 0.15) is 39.0 Å². The third-order valence-electron chi connectivity index (χ3n) is 6.57. The number of hydrogen-bond donors (Lipinski definition) is 1. The van der Waals surface area contributed by atoms with Crippen molar-refractivity contribution in [1.82, 2.24) is 9.55 Å². The highest BCUT2D eigenvalue weighted by Gasteiger charge is 2.40. The molecule has 1 saturated heterocycles. The van der Waals surface area contributed by atoms with E-state index in [9.17, 15) is 4.79 Å². The number of nitrogens with zero attached hydrogens (tertiary/aromatic N) is 3. The number of halogens is 2. The lowest BCUT2D eigenvalue weighted by Gasteiger charge is -2.40. The summed E-state index contributed by atoms with van der Waals surface area (Å²) in [6, 6.07) is 5.18. The Bertz CT molecular complexity index is 964. The number of rotatable bonds is 2. The van der Waals surface area contributed by atoms with Gasteiger partial charge in [-0.05, 0) is 43.1 Å². The highest BCUT2D eigenvalue weighted by molar-refractivity contribution is 6.43. The van der Waals surface area contributed by atoms with Gasteiger partial charge in [-0.2, -0.15) is 4.98 Å². The van der Waals surface area contributed by atoms with Gasteiger partial charge >= 0.3 is 0 Å². The van der Waals surface area contributed by atoms with Gasteiger partial charge in [0, 0.05) is 25.7 Å². The highest BCUT2D eigenvalue weighted by Crippen LogP contribution is 2.49. The normalized spacial score (nSPS) is 21.4. The predicted molar refractivity (Wildman–Crippen MR) is 116 cm³/mol. The van der Waals surface area contributed by atoms with Crippen LogP contribution in [0.15, 0.2) is 23.0 Å². The van der Waals surface area contributed by atoms with Crippen molar-refractivity contribution in [3.05, 3.63) is 38.6 Å². The quantitative estimate of drug-likeness (QED) is 0.761. The van der Waals surface area contributed by atoms with Crippen LogP contribution in [0.25, 0.3) is 11.1 Å². The third kappa shape index (κ3) is 3.29. The number of anilines is 2. The lowest BCUT2D eigenvalue weighted by Crippen LogP contribution is -2.42. The summed E-state index contributed by atoms with van der Waals surface area (Å²) in [5, 5.41) is 0.703. The Morgan fingerprint density at radius 3 is 2.57 bits per heavy atom. The molecule has 7 heteroatoms. The molecule has 1 atom stereocenters. The maximum absolute atomic E-state index is 13.1. The minimum absolute atomic E-state index is 0.192. The Balaban J connectivity index is 1.66. The average Bonchev–Trinajstić information content (AvgIpc) is 3.03. The van der Waals surface area contributed by atoms with Gasteiger partial charge in [-0.3, -0.25) is 9.36 Å². The first-order valence-corrected chi connectivity index (χ1v) is 10.6. The van der Waals surface area contributed by atoms with E-state index in [4.69, 9.17) is 28.9 Å². The molecule has 2 N–H and O–H groups in total. The number of nitrogens with two attached hydrogens (primary N) is 1. The van der Waals surface area contributed by atoms with E-state index in [2.05, 4.69) is 16.8 Å². The van der Waals surface area contributed by atoms with Crippen LogP contribution in [0.3, 0.4) is 0 Å². The molecule has 2 heterocycles.